The van der Waals surface area contributed by atoms with Crippen molar-refractivity contribution in [2.45, 2.75) is 26.3 Å². The van der Waals surface area contributed by atoms with Crippen molar-refractivity contribution in [1.29, 1.82) is 5.41 Å². The van der Waals surface area contributed by atoms with Crippen LogP contribution >= 0.6 is 11.3 Å². The van der Waals surface area contributed by atoms with Crippen LogP contribution in [0.15, 0.2) is 46.9 Å². The van der Waals surface area contributed by atoms with E-state index in [0.29, 0.717) is 18.8 Å². The highest BCUT2D eigenvalue weighted by molar-refractivity contribution is 7.13. The maximum absolute atomic E-state index is 13.2. The number of H-pyrrole nitrogens is 1. The van der Waals surface area contributed by atoms with Gasteiger partial charge >= 0.3 is 0 Å². The van der Waals surface area contributed by atoms with E-state index in [9.17, 15) is 9.59 Å². The molecule has 0 radical (unpaired) electrons. The molecule has 10 heteroatoms. The Morgan fingerprint density at radius 2 is 2.12 bits per heavy atom. The zero-order valence-corrected chi connectivity index (χ0v) is 19.4. The number of carbonyl (C=O) groups is 2. The van der Waals surface area contributed by atoms with Gasteiger partial charge < -0.3 is 20.5 Å². The van der Waals surface area contributed by atoms with Crippen molar-refractivity contribution in [1.82, 2.24) is 14.9 Å². The van der Waals surface area contributed by atoms with Crippen LogP contribution in [0, 0.1) is 5.41 Å². The number of nitrogens with two attached hydrogens (primary N) is 1. The van der Waals surface area contributed by atoms with E-state index in [-0.39, 0.29) is 17.6 Å². The summed E-state index contributed by atoms with van der Waals surface area (Å²) >= 11 is 1.48. The average molecular weight is 464 g/mol. The molecule has 1 aliphatic heterocycles. The smallest absolute Gasteiger partial charge is 0.252 e. The Labute approximate surface area is 195 Å². The van der Waals surface area contributed by atoms with Crippen LogP contribution in [0.4, 0.5) is 5.69 Å². The molecule has 0 atom stereocenters. The summed E-state index contributed by atoms with van der Waals surface area (Å²) < 4.78 is 0. The van der Waals surface area contributed by atoms with E-state index in [2.05, 4.69) is 15.0 Å². The average Bonchev–Trinajstić information content (AvgIpc) is 3.45. The lowest BCUT2D eigenvalue weighted by Gasteiger charge is -2.45. The number of carbonyl (C=O) groups excluding carboxylic acids is 2. The van der Waals surface area contributed by atoms with Gasteiger partial charge in [-0.1, -0.05) is 12.1 Å². The lowest BCUT2D eigenvalue weighted by atomic mass is 9.96. The van der Waals surface area contributed by atoms with Crippen molar-refractivity contribution >= 4 is 41.0 Å². The Balaban J connectivity index is 1.73. The fourth-order valence-corrected chi connectivity index (χ4v) is 4.80. The summed E-state index contributed by atoms with van der Waals surface area (Å²) in [7, 11) is 0. The number of aliphatic imine (C=N–C) groups is 1. The number of nitrogens with zero attached hydrogens (tertiary/aromatic N) is 4. The van der Waals surface area contributed by atoms with Crippen molar-refractivity contribution < 1.29 is 9.59 Å². The van der Waals surface area contributed by atoms with Gasteiger partial charge in [0.2, 0.25) is 5.91 Å². The van der Waals surface area contributed by atoms with E-state index in [1.54, 1.807) is 29.8 Å². The van der Waals surface area contributed by atoms with Crippen LogP contribution in [0.3, 0.4) is 0 Å². The summed E-state index contributed by atoms with van der Waals surface area (Å²) in [5.41, 5.74) is 8.95. The first-order chi connectivity index (χ1) is 15.7. The molecule has 3 heterocycles. The molecule has 0 aliphatic carbocycles. The molecular formula is C23H25N7O2S. The van der Waals surface area contributed by atoms with Gasteiger partial charge in [-0.25, -0.2) is 9.98 Å². The molecule has 2 amide bonds. The zero-order valence-electron chi connectivity index (χ0n) is 18.6. The molecule has 1 aromatic carbocycles. The van der Waals surface area contributed by atoms with Gasteiger partial charge in [0, 0.05) is 54.1 Å². The monoisotopic (exact) mass is 463 g/mol. The lowest BCUT2D eigenvalue weighted by molar-refractivity contribution is -0.145. The molecule has 0 bridgehead atoms. The van der Waals surface area contributed by atoms with Gasteiger partial charge in [0.1, 0.15) is 22.7 Å². The standard InChI is InChI=1S/C23H25N7O2S/c1-14(31)30-9-8-29(22(32)23(30,2)3)16-6-4-5-15(11-16)18-12-17(21-26-7-10-33-21)19(28-18)20(25)27-13-24/h4-7,10-13,28H,8-9H2,1-3H3,(H3,24,25,27). The first-order valence-corrected chi connectivity index (χ1v) is 11.3. The SMILES string of the molecule is CC(=O)N1CCN(c2cccc(-c3cc(-c4nccs4)c(C(N)=NC=N)[nH]3)c2)C(=O)C1(C)C. The summed E-state index contributed by atoms with van der Waals surface area (Å²) in [6, 6.07) is 9.59. The molecule has 3 aromatic rings. The number of rotatable bonds is 5. The minimum absolute atomic E-state index is 0.112. The molecule has 0 saturated carbocycles. The van der Waals surface area contributed by atoms with E-state index < -0.39 is 5.54 Å². The Morgan fingerprint density at radius 3 is 2.79 bits per heavy atom. The van der Waals surface area contributed by atoms with Crippen LogP contribution in [0.25, 0.3) is 21.8 Å². The summed E-state index contributed by atoms with van der Waals surface area (Å²) in [6.07, 6.45) is 2.62. The Morgan fingerprint density at radius 1 is 1.33 bits per heavy atom. The molecule has 33 heavy (non-hydrogen) atoms. The molecular weight excluding hydrogens is 438 g/mol. The largest absolute Gasteiger partial charge is 0.382 e. The van der Waals surface area contributed by atoms with Crippen molar-refractivity contribution in [3.8, 4) is 21.8 Å². The number of thiazole rings is 1. The third-order valence-electron chi connectivity index (χ3n) is 5.78. The van der Waals surface area contributed by atoms with Gasteiger partial charge in [0.25, 0.3) is 5.91 Å². The molecule has 9 nitrogen and oxygen atoms in total. The topological polar surface area (TPSA) is 132 Å². The van der Waals surface area contributed by atoms with E-state index in [0.717, 1.165) is 33.9 Å². The van der Waals surface area contributed by atoms with Gasteiger partial charge in [-0.3, -0.25) is 15.0 Å². The number of amidine groups is 1. The number of aromatic nitrogens is 2. The van der Waals surface area contributed by atoms with Gasteiger partial charge in [0.05, 0.1) is 5.69 Å². The minimum Gasteiger partial charge on any atom is -0.382 e. The van der Waals surface area contributed by atoms with Crippen LogP contribution < -0.4 is 10.6 Å². The summed E-state index contributed by atoms with van der Waals surface area (Å²) in [6.45, 7) is 5.92. The van der Waals surface area contributed by atoms with Gasteiger partial charge in [-0.15, -0.1) is 11.3 Å². The number of anilines is 1. The molecule has 1 fully saturated rings. The molecule has 2 aromatic heterocycles. The fourth-order valence-electron chi connectivity index (χ4n) is 4.14. The highest BCUT2D eigenvalue weighted by Crippen LogP contribution is 2.34. The van der Waals surface area contributed by atoms with E-state index in [1.165, 1.54) is 18.3 Å². The first kappa shape index (κ1) is 22.4. The minimum atomic E-state index is -0.921. The number of aromatic amines is 1. The van der Waals surface area contributed by atoms with E-state index >= 15 is 0 Å². The van der Waals surface area contributed by atoms with E-state index in [1.807, 2.05) is 35.7 Å². The fraction of sp³-hybridized carbons (Fsp3) is 0.261. The van der Waals surface area contributed by atoms with Gasteiger partial charge in [-0.05, 0) is 32.0 Å². The van der Waals surface area contributed by atoms with Crippen molar-refractivity contribution in [2.24, 2.45) is 10.7 Å². The normalized spacial score (nSPS) is 16.2. The third kappa shape index (κ3) is 4.05. The van der Waals surface area contributed by atoms with Crippen molar-refractivity contribution in [2.75, 3.05) is 18.0 Å². The zero-order chi connectivity index (χ0) is 23.8. The summed E-state index contributed by atoms with van der Waals surface area (Å²) in [5, 5.41) is 9.91. The number of benzene rings is 1. The lowest BCUT2D eigenvalue weighted by Crippen LogP contribution is -2.64. The van der Waals surface area contributed by atoms with Gasteiger partial charge in [0.15, 0.2) is 0 Å². The quantitative estimate of drug-likeness (QED) is 0.396. The number of amides is 2. The number of nitrogens with one attached hydrogen (secondary N) is 2. The van der Waals surface area contributed by atoms with Gasteiger partial charge in [-0.2, -0.15) is 0 Å². The molecule has 170 valence electrons. The second-order valence-corrected chi connectivity index (χ2v) is 9.08. The second kappa shape index (κ2) is 8.62. The van der Waals surface area contributed by atoms with Crippen molar-refractivity contribution in [3.05, 3.63) is 47.6 Å². The highest BCUT2D eigenvalue weighted by Gasteiger charge is 2.43. The molecule has 1 aliphatic rings. The Hall–Kier alpha value is -3.79. The maximum atomic E-state index is 13.2. The summed E-state index contributed by atoms with van der Waals surface area (Å²) in [5.74, 6) is -0.0476. The van der Waals surface area contributed by atoms with Crippen LogP contribution in [-0.4, -0.2) is 57.5 Å². The number of hydrogen-bond donors (Lipinski definition) is 3. The Bertz CT molecular complexity index is 1240. The van der Waals surface area contributed by atoms with E-state index in [4.69, 9.17) is 11.1 Å². The highest BCUT2D eigenvalue weighted by atomic mass is 32.1. The van der Waals surface area contributed by atoms with Crippen LogP contribution in [0.1, 0.15) is 26.5 Å². The van der Waals surface area contributed by atoms with Crippen LogP contribution in [-0.2, 0) is 9.59 Å². The molecule has 4 rings (SSSR count). The molecule has 0 unspecified atom stereocenters. The molecule has 4 N–H and O–H groups in total. The Kier molecular flexibility index (Phi) is 5.86. The third-order valence-corrected chi connectivity index (χ3v) is 6.59. The van der Waals surface area contributed by atoms with Crippen LogP contribution in [0.5, 0.6) is 0 Å². The van der Waals surface area contributed by atoms with Crippen molar-refractivity contribution in [3.63, 3.8) is 0 Å². The molecule has 1 saturated heterocycles. The second-order valence-electron chi connectivity index (χ2n) is 8.19. The predicted octanol–water partition coefficient (Wildman–Crippen LogP) is 3.09. The molecule has 0 spiro atoms. The maximum Gasteiger partial charge on any atom is 0.252 e. The predicted molar refractivity (Wildman–Crippen MR) is 131 cm³/mol. The number of piperazine rings is 1. The van der Waals surface area contributed by atoms with Crippen LogP contribution in [0.2, 0.25) is 0 Å². The first-order valence-electron chi connectivity index (χ1n) is 10.4. The summed E-state index contributed by atoms with van der Waals surface area (Å²) in [4.78, 5) is 40.2. The number of hydrogen-bond acceptors (Lipinski definition) is 5.